The van der Waals surface area contributed by atoms with Crippen LogP contribution in [0.15, 0.2) is 24.3 Å². The summed E-state index contributed by atoms with van der Waals surface area (Å²) in [5.74, 6) is 0.160. The molecule has 1 fully saturated rings. The third-order valence-corrected chi connectivity index (χ3v) is 3.33. The number of halogens is 2. The summed E-state index contributed by atoms with van der Waals surface area (Å²) in [6, 6.07) is 6.37. The van der Waals surface area contributed by atoms with Gasteiger partial charge in [-0.15, -0.1) is 0 Å². The van der Waals surface area contributed by atoms with E-state index < -0.39 is 6.61 Å². The molecule has 6 heteroatoms. The Morgan fingerprint density at radius 3 is 2.75 bits per heavy atom. The molecule has 110 valence electrons. The van der Waals surface area contributed by atoms with Crippen molar-refractivity contribution in [3.05, 3.63) is 29.8 Å². The monoisotopic (exact) mass is 284 g/mol. The highest BCUT2D eigenvalue weighted by Crippen LogP contribution is 2.16. The van der Waals surface area contributed by atoms with Crippen LogP contribution in [0, 0.1) is 0 Å². The SMILES string of the molecule is CC1CNCCN1C(=O)Cc1ccc(OC(F)F)cc1. The predicted octanol–water partition coefficient (Wildman–Crippen LogP) is 1.65. The van der Waals surface area contributed by atoms with Gasteiger partial charge >= 0.3 is 6.61 Å². The molecule has 1 atom stereocenters. The molecular weight excluding hydrogens is 266 g/mol. The summed E-state index contributed by atoms with van der Waals surface area (Å²) in [5.41, 5.74) is 0.794. The van der Waals surface area contributed by atoms with Crippen LogP contribution >= 0.6 is 0 Å². The molecule has 0 bridgehead atoms. The van der Waals surface area contributed by atoms with Crippen LogP contribution < -0.4 is 10.1 Å². The lowest BCUT2D eigenvalue weighted by atomic mass is 10.1. The van der Waals surface area contributed by atoms with E-state index >= 15 is 0 Å². The van der Waals surface area contributed by atoms with Gasteiger partial charge in [0.15, 0.2) is 0 Å². The first kappa shape index (κ1) is 14.7. The van der Waals surface area contributed by atoms with Gasteiger partial charge in [0.05, 0.1) is 6.42 Å². The molecule has 1 aliphatic rings. The highest BCUT2D eigenvalue weighted by molar-refractivity contribution is 5.79. The fourth-order valence-electron chi connectivity index (χ4n) is 2.28. The Morgan fingerprint density at radius 1 is 1.45 bits per heavy atom. The molecular formula is C14H18F2N2O2. The van der Waals surface area contributed by atoms with Crippen LogP contribution in [0.25, 0.3) is 0 Å². The minimum absolute atomic E-state index is 0.0570. The Bertz CT molecular complexity index is 451. The number of carbonyl (C=O) groups is 1. The van der Waals surface area contributed by atoms with Gasteiger partial charge in [0.2, 0.25) is 5.91 Å². The second kappa shape index (κ2) is 6.65. The van der Waals surface area contributed by atoms with Crippen LogP contribution in [0.5, 0.6) is 5.75 Å². The number of rotatable bonds is 4. The van der Waals surface area contributed by atoms with Crippen molar-refractivity contribution < 1.29 is 18.3 Å². The van der Waals surface area contributed by atoms with Crippen LogP contribution in [0.4, 0.5) is 8.78 Å². The molecule has 0 saturated carbocycles. The number of amides is 1. The Morgan fingerprint density at radius 2 is 2.15 bits per heavy atom. The Kier molecular flexibility index (Phi) is 4.89. The van der Waals surface area contributed by atoms with Gasteiger partial charge in [0.25, 0.3) is 0 Å². The highest BCUT2D eigenvalue weighted by atomic mass is 19.3. The first-order chi connectivity index (χ1) is 9.56. The molecule has 0 aliphatic carbocycles. The standard InChI is InChI=1S/C14H18F2N2O2/c1-10-9-17-6-7-18(10)13(19)8-11-2-4-12(5-3-11)20-14(15)16/h2-5,10,14,17H,6-9H2,1H3. The fourth-order valence-corrected chi connectivity index (χ4v) is 2.28. The minimum Gasteiger partial charge on any atom is -0.435 e. The van der Waals surface area contributed by atoms with E-state index in [0.29, 0.717) is 6.54 Å². The Balaban J connectivity index is 1.93. The smallest absolute Gasteiger partial charge is 0.387 e. The van der Waals surface area contributed by atoms with Gasteiger partial charge in [0, 0.05) is 25.7 Å². The van der Waals surface area contributed by atoms with Crippen LogP contribution in [0.2, 0.25) is 0 Å². The number of alkyl halides is 2. The Hall–Kier alpha value is -1.69. The normalized spacial score (nSPS) is 19.2. The zero-order valence-electron chi connectivity index (χ0n) is 11.3. The number of carbonyl (C=O) groups excluding carboxylic acids is 1. The van der Waals surface area contributed by atoms with Crippen LogP contribution in [0.3, 0.4) is 0 Å². The molecule has 1 unspecified atom stereocenters. The summed E-state index contributed by atoms with van der Waals surface area (Å²) in [5, 5.41) is 3.23. The van der Waals surface area contributed by atoms with E-state index in [2.05, 4.69) is 10.1 Å². The topological polar surface area (TPSA) is 41.6 Å². The molecule has 1 heterocycles. The summed E-state index contributed by atoms with van der Waals surface area (Å²) < 4.78 is 28.3. The summed E-state index contributed by atoms with van der Waals surface area (Å²) in [6.45, 7) is 1.48. The van der Waals surface area contributed by atoms with Gasteiger partial charge in [0.1, 0.15) is 5.75 Å². The van der Waals surface area contributed by atoms with E-state index in [1.54, 1.807) is 12.1 Å². The van der Waals surface area contributed by atoms with Gasteiger partial charge in [-0.2, -0.15) is 8.78 Å². The van der Waals surface area contributed by atoms with Crippen molar-refractivity contribution in [2.45, 2.75) is 26.0 Å². The first-order valence-electron chi connectivity index (χ1n) is 6.60. The highest BCUT2D eigenvalue weighted by Gasteiger charge is 2.22. The molecule has 2 rings (SSSR count). The second-order valence-electron chi connectivity index (χ2n) is 4.84. The maximum atomic E-state index is 12.2. The molecule has 0 spiro atoms. The lowest BCUT2D eigenvalue weighted by Gasteiger charge is -2.34. The maximum Gasteiger partial charge on any atom is 0.387 e. The van der Waals surface area contributed by atoms with Crippen molar-refractivity contribution in [1.82, 2.24) is 10.2 Å². The zero-order chi connectivity index (χ0) is 14.5. The van der Waals surface area contributed by atoms with Gasteiger partial charge in [-0.3, -0.25) is 4.79 Å². The first-order valence-corrected chi connectivity index (χ1v) is 6.60. The third-order valence-electron chi connectivity index (χ3n) is 3.33. The van der Waals surface area contributed by atoms with Crippen molar-refractivity contribution in [2.24, 2.45) is 0 Å². The summed E-state index contributed by atoms with van der Waals surface area (Å²) in [6.07, 6.45) is 0.277. The van der Waals surface area contributed by atoms with Gasteiger partial charge < -0.3 is 15.0 Å². The molecule has 1 N–H and O–H groups in total. The number of nitrogens with one attached hydrogen (secondary N) is 1. The molecule has 4 nitrogen and oxygen atoms in total. The zero-order valence-corrected chi connectivity index (χ0v) is 11.3. The molecule has 20 heavy (non-hydrogen) atoms. The van der Waals surface area contributed by atoms with Crippen LogP contribution in [-0.4, -0.2) is 43.1 Å². The average Bonchev–Trinajstić information content (AvgIpc) is 2.41. The van der Waals surface area contributed by atoms with Crippen molar-refractivity contribution in [2.75, 3.05) is 19.6 Å². The number of piperazine rings is 1. The van der Waals surface area contributed by atoms with Gasteiger partial charge in [-0.25, -0.2) is 0 Å². The number of hydrogen-bond acceptors (Lipinski definition) is 3. The lowest BCUT2D eigenvalue weighted by Crippen LogP contribution is -2.52. The molecule has 1 aromatic carbocycles. The predicted molar refractivity (Wildman–Crippen MR) is 70.8 cm³/mol. The van der Waals surface area contributed by atoms with E-state index in [0.717, 1.165) is 18.7 Å². The fraction of sp³-hybridized carbons (Fsp3) is 0.500. The summed E-state index contributed by atoms with van der Waals surface area (Å²) in [7, 11) is 0. The van der Waals surface area contributed by atoms with E-state index in [4.69, 9.17) is 0 Å². The third kappa shape index (κ3) is 3.90. The minimum atomic E-state index is -2.83. The maximum absolute atomic E-state index is 12.2. The van der Waals surface area contributed by atoms with E-state index in [9.17, 15) is 13.6 Å². The molecule has 0 aromatic heterocycles. The number of benzene rings is 1. The summed E-state index contributed by atoms with van der Waals surface area (Å²) in [4.78, 5) is 14.0. The van der Waals surface area contributed by atoms with E-state index in [1.165, 1.54) is 12.1 Å². The number of hydrogen-bond donors (Lipinski definition) is 1. The molecule has 1 aromatic rings. The van der Waals surface area contributed by atoms with E-state index in [-0.39, 0.29) is 24.1 Å². The molecule has 1 aliphatic heterocycles. The van der Waals surface area contributed by atoms with Crippen molar-refractivity contribution in [3.8, 4) is 5.75 Å². The van der Waals surface area contributed by atoms with Crippen LogP contribution in [-0.2, 0) is 11.2 Å². The largest absolute Gasteiger partial charge is 0.435 e. The van der Waals surface area contributed by atoms with Gasteiger partial charge in [-0.05, 0) is 24.6 Å². The van der Waals surface area contributed by atoms with E-state index in [1.807, 2.05) is 11.8 Å². The second-order valence-corrected chi connectivity index (χ2v) is 4.84. The van der Waals surface area contributed by atoms with Crippen molar-refractivity contribution >= 4 is 5.91 Å². The quantitative estimate of drug-likeness (QED) is 0.914. The molecule has 1 amide bonds. The molecule has 0 radical (unpaired) electrons. The van der Waals surface area contributed by atoms with Gasteiger partial charge in [-0.1, -0.05) is 12.1 Å². The molecule has 1 saturated heterocycles. The van der Waals surface area contributed by atoms with Crippen molar-refractivity contribution in [3.63, 3.8) is 0 Å². The number of ether oxygens (including phenoxy) is 1. The average molecular weight is 284 g/mol. The Labute approximate surface area is 116 Å². The lowest BCUT2D eigenvalue weighted by molar-refractivity contribution is -0.133. The summed E-state index contributed by atoms with van der Waals surface area (Å²) >= 11 is 0. The number of nitrogens with zero attached hydrogens (tertiary/aromatic N) is 1. The van der Waals surface area contributed by atoms with Crippen LogP contribution in [0.1, 0.15) is 12.5 Å². The van der Waals surface area contributed by atoms with Crippen molar-refractivity contribution in [1.29, 1.82) is 0 Å².